The third-order valence-electron chi connectivity index (χ3n) is 2.93. The number of hydrogen-bond acceptors (Lipinski definition) is 2. The molecule has 2 heteroatoms. The first-order chi connectivity index (χ1) is 7.10. The van der Waals surface area contributed by atoms with Crippen LogP contribution < -0.4 is 9.47 Å². The van der Waals surface area contributed by atoms with Crippen molar-refractivity contribution in [1.82, 2.24) is 0 Å². The third kappa shape index (κ3) is 2.65. The van der Waals surface area contributed by atoms with E-state index < -0.39 is 0 Å². The van der Waals surface area contributed by atoms with Crippen LogP contribution >= 0.6 is 0 Å². The van der Waals surface area contributed by atoms with Gasteiger partial charge in [-0.25, -0.2) is 0 Å². The van der Waals surface area contributed by atoms with E-state index >= 15 is 0 Å². The summed E-state index contributed by atoms with van der Waals surface area (Å²) in [7, 11) is 3.39. The Morgan fingerprint density at radius 1 is 1.00 bits per heavy atom. The number of methoxy groups -OCH3 is 2. The fraction of sp³-hybridized carbons (Fsp3) is 0.538. The van der Waals surface area contributed by atoms with E-state index in [1.165, 1.54) is 5.56 Å². The Labute approximate surface area is 92.2 Å². The number of rotatable bonds is 4. The molecule has 15 heavy (non-hydrogen) atoms. The molecule has 0 heterocycles. The van der Waals surface area contributed by atoms with Crippen molar-refractivity contribution in [2.45, 2.75) is 26.7 Å². The van der Waals surface area contributed by atoms with Crippen LogP contribution in [0, 0.1) is 5.92 Å². The molecule has 1 aromatic rings. The molecule has 0 aliphatic rings. The first-order valence-corrected chi connectivity index (χ1v) is 5.32. The summed E-state index contributed by atoms with van der Waals surface area (Å²) < 4.78 is 10.6. The van der Waals surface area contributed by atoms with Gasteiger partial charge in [0.1, 0.15) is 11.5 Å². The maximum atomic E-state index is 5.36. The molecule has 0 spiro atoms. The van der Waals surface area contributed by atoms with E-state index in [1.807, 2.05) is 12.1 Å². The molecular formula is C13H20O2. The van der Waals surface area contributed by atoms with Crippen molar-refractivity contribution in [3.05, 3.63) is 23.8 Å². The lowest BCUT2D eigenvalue weighted by Crippen LogP contribution is -2.04. The molecule has 84 valence electrons. The normalized spacial score (nSPS) is 12.7. The highest BCUT2D eigenvalue weighted by Crippen LogP contribution is 2.34. The molecule has 1 atom stereocenters. The lowest BCUT2D eigenvalue weighted by atomic mass is 9.89. The Kier molecular flexibility index (Phi) is 4.01. The summed E-state index contributed by atoms with van der Waals surface area (Å²) in [6.45, 7) is 6.63. The first-order valence-electron chi connectivity index (χ1n) is 5.32. The molecule has 0 saturated carbocycles. The van der Waals surface area contributed by atoms with Crippen LogP contribution in [0.5, 0.6) is 11.5 Å². The number of benzene rings is 1. The second-order valence-corrected chi connectivity index (χ2v) is 4.14. The molecule has 1 aromatic carbocycles. The van der Waals surface area contributed by atoms with Gasteiger partial charge in [0.25, 0.3) is 0 Å². The van der Waals surface area contributed by atoms with Crippen molar-refractivity contribution < 1.29 is 9.47 Å². The number of ether oxygens (including phenoxy) is 2. The Hall–Kier alpha value is -1.18. The van der Waals surface area contributed by atoms with Crippen LogP contribution in [0.4, 0.5) is 0 Å². The van der Waals surface area contributed by atoms with Crippen LogP contribution in [0.15, 0.2) is 18.2 Å². The molecule has 0 fully saturated rings. The molecule has 1 unspecified atom stereocenters. The molecule has 0 bridgehead atoms. The molecule has 0 aliphatic heterocycles. The highest BCUT2D eigenvalue weighted by Gasteiger charge is 2.15. The molecule has 1 rings (SSSR count). The highest BCUT2D eigenvalue weighted by atomic mass is 16.5. The van der Waals surface area contributed by atoms with Gasteiger partial charge < -0.3 is 9.47 Å². The molecule has 0 amide bonds. The van der Waals surface area contributed by atoms with Crippen molar-refractivity contribution in [3.8, 4) is 11.5 Å². The lowest BCUT2D eigenvalue weighted by molar-refractivity contribution is 0.389. The molecule has 0 N–H and O–H groups in total. The van der Waals surface area contributed by atoms with Crippen molar-refractivity contribution >= 4 is 0 Å². The maximum absolute atomic E-state index is 5.36. The topological polar surface area (TPSA) is 18.5 Å². The van der Waals surface area contributed by atoms with Gasteiger partial charge in [0.15, 0.2) is 0 Å². The van der Waals surface area contributed by atoms with Crippen molar-refractivity contribution in [1.29, 1.82) is 0 Å². The second kappa shape index (κ2) is 5.06. The highest BCUT2D eigenvalue weighted by molar-refractivity contribution is 5.42. The van der Waals surface area contributed by atoms with E-state index in [4.69, 9.17) is 9.47 Å². The van der Waals surface area contributed by atoms with Gasteiger partial charge in [-0.15, -0.1) is 0 Å². The van der Waals surface area contributed by atoms with Gasteiger partial charge in [-0.1, -0.05) is 20.8 Å². The molecule has 0 saturated heterocycles. The summed E-state index contributed by atoms with van der Waals surface area (Å²) in [5.74, 6) is 2.89. The van der Waals surface area contributed by atoms with Crippen molar-refractivity contribution in [2.24, 2.45) is 5.92 Å². The quantitative estimate of drug-likeness (QED) is 0.754. The van der Waals surface area contributed by atoms with Crippen LogP contribution in [-0.2, 0) is 0 Å². The largest absolute Gasteiger partial charge is 0.497 e. The fourth-order valence-electron chi connectivity index (χ4n) is 1.55. The SMILES string of the molecule is COc1ccc(OC)c(C(C)C(C)C)c1. The summed E-state index contributed by atoms with van der Waals surface area (Å²) in [4.78, 5) is 0. The van der Waals surface area contributed by atoms with Crippen LogP contribution in [0.2, 0.25) is 0 Å². The van der Waals surface area contributed by atoms with E-state index in [1.54, 1.807) is 14.2 Å². The fourth-order valence-corrected chi connectivity index (χ4v) is 1.55. The van der Waals surface area contributed by atoms with Crippen LogP contribution in [-0.4, -0.2) is 14.2 Å². The predicted molar refractivity (Wildman–Crippen MR) is 62.8 cm³/mol. The average molecular weight is 208 g/mol. The van der Waals surface area contributed by atoms with E-state index in [-0.39, 0.29) is 0 Å². The lowest BCUT2D eigenvalue weighted by Gasteiger charge is -2.19. The molecule has 0 aliphatic carbocycles. The van der Waals surface area contributed by atoms with Gasteiger partial charge >= 0.3 is 0 Å². The molecule has 2 nitrogen and oxygen atoms in total. The predicted octanol–water partition coefficient (Wildman–Crippen LogP) is 3.46. The summed E-state index contributed by atoms with van der Waals surface area (Å²) in [5, 5.41) is 0. The van der Waals surface area contributed by atoms with E-state index in [9.17, 15) is 0 Å². The van der Waals surface area contributed by atoms with Crippen molar-refractivity contribution in [2.75, 3.05) is 14.2 Å². The Bertz CT molecular complexity index is 318. The van der Waals surface area contributed by atoms with E-state index in [2.05, 4.69) is 26.8 Å². The van der Waals surface area contributed by atoms with Crippen molar-refractivity contribution in [3.63, 3.8) is 0 Å². The van der Waals surface area contributed by atoms with Crippen LogP contribution in [0.3, 0.4) is 0 Å². The second-order valence-electron chi connectivity index (χ2n) is 4.14. The number of hydrogen-bond donors (Lipinski definition) is 0. The van der Waals surface area contributed by atoms with Gasteiger partial charge in [0.05, 0.1) is 14.2 Å². The van der Waals surface area contributed by atoms with Gasteiger partial charge in [-0.3, -0.25) is 0 Å². The minimum atomic E-state index is 0.468. The zero-order valence-corrected chi connectivity index (χ0v) is 10.2. The van der Waals surface area contributed by atoms with E-state index in [0.29, 0.717) is 11.8 Å². The standard InChI is InChI=1S/C13H20O2/c1-9(2)10(3)12-8-11(14-4)6-7-13(12)15-5/h6-10H,1-5H3. The van der Waals surface area contributed by atoms with Gasteiger partial charge in [0.2, 0.25) is 0 Å². The van der Waals surface area contributed by atoms with Gasteiger partial charge in [0, 0.05) is 5.56 Å². The summed E-state index contributed by atoms with van der Waals surface area (Å²) in [5.41, 5.74) is 1.21. The van der Waals surface area contributed by atoms with Gasteiger partial charge in [-0.2, -0.15) is 0 Å². The first kappa shape index (κ1) is 11.9. The zero-order chi connectivity index (χ0) is 11.4. The van der Waals surface area contributed by atoms with E-state index in [0.717, 1.165) is 11.5 Å². The Balaban J connectivity index is 3.11. The summed E-state index contributed by atoms with van der Waals surface area (Å²) in [6, 6.07) is 5.95. The zero-order valence-electron chi connectivity index (χ0n) is 10.2. The smallest absolute Gasteiger partial charge is 0.122 e. The minimum absolute atomic E-state index is 0.468. The van der Waals surface area contributed by atoms with Crippen LogP contribution in [0.25, 0.3) is 0 Å². The third-order valence-corrected chi connectivity index (χ3v) is 2.93. The minimum Gasteiger partial charge on any atom is -0.497 e. The molecular weight excluding hydrogens is 188 g/mol. The monoisotopic (exact) mass is 208 g/mol. The summed E-state index contributed by atoms with van der Waals surface area (Å²) >= 11 is 0. The Morgan fingerprint density at radius 2 is 1.67 bits per heavy atom. The van der Waals surface area contributed by atoms with Crippen LogP contribution in [0.1, 0.15) is 32.3 Å². The molecule has 0 aromatic heterocycles. The average Bonchev–Trinajstić information content (AvgIpc) is 2.27. The molecule has 0 radical (unpaired) electrons. The summed E-state index contributed by atoms with van der Waals surface area (Å²) in [6.07, 6.45) is 0. The Morgan fingerprint density at radius 3 is 2.13 bits per heavy atom. The maximum Gasteiger partial charge on any atom is 0.122 e. The van der Waals surface area contributed by atoms with Gasteiger partial charge in [-0.05, 0) is 30.0 Å².